The van der Waals surface area contributed by atoms with Crippen LogP contribution in [0.5, 0.6) is 0 Å². The smallest absolute Gasteiger partial charge is 0.409 e. The molecule has 1 heterocycles. The number of cyclic esters (lactones) is 1. The van der Waals surface area contributed by atoms with Gasteiger partial charge in [0.05, 0.1) is 6.54 Å². The Bertz CT molecular complexity index is 151. The molecule has 0 saturated carbocycles. The number of alkyl halides is 1. The summed E-state index contributed by atoms with van der Waals surface area (Å²) in [6.07, 6.45) is -0.207. The van der Waals surface area contributed by atoms with Gasteiger partial charge >= 0.3 is 6.09 Å². The highest BCUT2D eigenvalue weighted by Gasteiger charge is 2.22. The molecule has 3 nitrogen and oxygen atoms in total. The Morgan fingerprint density at radius 3 is 3.00 bits per heavy atom. The van der Waals surface area contributed by atoms with Crippen molar-refractivity contribution in [1.29, 1.82) is 0 Å². The molecule has 0 aromatic heterocycles. The van der Waals surface area contributed by atoms with Crippen molar-refractivity contribution in [1.82, 2.24) is 4.90 Å². The van der Waals surface area contributed by atoms with Crippen LogP contribution in [0.3, 0.4) is 0 Å². The molecule has 11 heavy (non-hydrogen) atoms. The van der Waals surface area contributed by atoms with E-state index < -0.39 is 0 Å². The Morgan fingerprint density at radius 2 is 2.55 bits per heavy atom. The van der Waals surface area contributed by atoms with Crippen molar-refractivity contribution in [3.05, 3.63) is 0 Å². The molecule has 0 radical (unpaired) electrons. The molecule has 0 aliphatic carbocycles. The average molecular weight is 178 g/mol. The molecule has 4 heteroatoms. The van der Waals surface area contributed by atoms with Crippen LogP contribution in [0, 0.1) is 5.92 Å². The number of amides is 1. The van der Waals surface area contributed by atoms with Gasteiger partial charge in [0.15, 0.2) is 0 Å². The minimum atomic E-state index is -0.207. The van der Waals surface area contributed by atoms with Gasteiger partial charge < -0.3 is 9.64 Å². The fraction of sp³-hybridized carbons (Fsp3) is 0.857. The second-order valence-corrected chi connectivity index (χ2v) is 3.13. The third kappa shape index (κ3) is 2.26. The van der Waals surface area contributed by atoms with Crippen LogP contribution in [0.2, 0.25) is 0 Å². The van der Waals surface area contributed by atoms with Crippen molar-refractivity contribution in [2.75, 3.05) is 25.6 Å². The summed E-state index contributed by atoms with van der Waals surface area (Å²) in [5, 5.41) is 0. The van der Waals surface area contributed by atoms with Crippen molar-refractivity contribution >= 4 is 17.7 Å². The van der Waals surface area contributed by atoms with Crippen molar-refractivity contribution < 1.29 is 9.53 Å². The highest BCUT2D eigenvalue weighted by atomic mass is 35.5. The fourth-order valence-corrected chi connectivity index (χ4v) is 1.11. The van der Waals surface area contributed by atoms with Gasteiger partial charge in [-0.1, -0.05) is 6.92 Å². The minimum absolute atomic E-state index is 0.207. The predicted octanol–water partition coefficient (Wildman–Crippen LogP) is 1.31. The van der Waals surface area contributed by atoms with Gasteiger partial charge in [-0.2, -0.15) is 0 Å². The van der Waals surface area contributed by atoms with Crippen molar-refractivity contribution in [2.24, 2.45) is 5.92 Å². The summed E-state index contributed by atoms with van der Waals surface area (Å²) in [6, 6.07) is 0. The molecule has 1 saturated heterocycles. The molecule has 1 atom stereocenters. The first-order chi connectivity index (χ1) is 5.24. The Hall–Kier alpha value is -0.440. The van der Waals surface area contributed by atoms with Crippen LogP contribution in [-0.4, -0.2) is 36.6 Å². The van der Waals surface area contributed by atoms with Crippen LogP contribution < -0.4 is 0 Å². The van der Waals surface area contributed by atoms with Crippen LogP contribution >= 0.6 is 11.6 Å². The van der Waals surface area contributed by atoms with Gasteiger partial charge in [0, 0.05) is 12.4 Å². The monoisotopic (exact) mass is 177 g/mol. The van der Waals surface area contributed by atoms with E-state index in [9.17, 15) is 4.79 Å². The number of carbonyl (C=O) groups is 1. The summed E-state index contributed by atoms with van der Waals surface area (Å²) >= 11 is 5.60. The van der Waals surface area contributed by atoms with Gasteiger partial charge in [0.2, 0.25) is 0 Å². The van der Waals surface area contributed by atoms with Gasteiger partial charge in [-0.25, -0.2) is 4.79 Å². The lowest BCUT2D eigenvalue weighted by molar-refractivity contribution is 0.156. The molecule has 1 unspecified atom stereocenters. The van der Waals surface area contributed by atoms with Crippen LogP contribution in [0.15, 0.2) is 0 Å². The van der Waals surface area contributed by atoms with E-state index in [1.165, 1.54) is 0 Å². The summed E-state index contributed by atoms with van der Waals surface area (Å²) in [4.78, 5) is 12.6. The topological polar surface area (TPSA) is 29.5 Å². The third-order valence-corrected chi connectivity index (χ3v) is 2.17. The van der Waals surface area contributed by atoms with Gasteiger partial charge in [0.1, 0.15) is 6.61 Å². The second kappa shape index (κ2) is 3.81. The molecule has 1 fully saturated rings. The lowest BCUT2D eigenvalue weighted by atomic mass is 10.2. The zero-order chi connectivity index (χ0) is 8.27. The Kier molecular flexibility index (Phi) is 3.00. The van der Waals surface area contributed by atoms with E-state index in [2.05, 4.69) is 0 Å². The van der Waals surface area contributed by atoms with Gasteiger partial charge in [-0.3, -0.25) is 0 Å². The van der Waals surface area contributed by atoms with E-state index in [4.69, 9.17) is 16.3 Å². The van der Waals surface area contributed by atoms with Crippen molar-refractivity contribution in [3.63, 3.8) is 0 Å². The molecule has 0 aromatic rings. The zero-order valence-corrected chi connectivity index (χ0v) is 7.30. The van der Waals surface area contributed by atoms with Crippen LogP contribution in [-0.2, 0) is 4.74 Å². The highest BCUT2D eigenvalue weighted by molar-refractivity contribution is 6.18. The SMILES string of the molecule is CC(CCl)CN1CCOC1=O. The molecule has 1 amide bonds. The van der Waals surface area contributed by atoms with Crippen LogP contribution in [0.25, 0.3) is 0 Å². The number of nitrogens with zero attached hydrogens (tertiary/aromatic N) is 1. The van der Waals surface area contributed by atoms with E-state index in [0.29, 0.717) is 31.5 Å². The molecular formula is C7H12ClNO2. The van der Waals surface area contributed by atoms with Gasteiger partial charge in [-0.15, -0.1) is 11.6 Å². The summed E-state index contributed by atoms with van der Waals surface area (Å²) in [5.74, 6) is 0.936. The maximum absolute atomic E-state index is 10.9. The number of halogens is 1. The molecule has 0 spiro atoms. The zero-order valence-electron chi connectivity index (χ0n) is 6.55. The first-order valence-corrected chi connectivity index (χ1v) is 4.25. The number of rotatable bonds is 3. The van der Waals surface area contributed by atoms with Gasteiger partial charge in [0.25, 0.3) is 0 Å². The highest BCUT2D eigenvalue weighted by Crippen LogP contribution is 2.08. The fourth-order valence-electron chi connectivity index (χ4n) is 1.02. The first kappa shape index (κ1) is 8.65. The van der Waals surface area contributed by atoms with Crippen molar-refractivity contribution in [3.8, 4) is 0 Å². The summed E-state index contributed by atoms with van der Waals surface area (Å²) in [5.41, 5.74) is 0. The lowest BCUT2D eigenvalue weighted by Gasteiger charge is -2.15. The molecule has 1 aliphatic heterocycles. The van der Waals surface area contributed by atoms with E-state index in [1.54, 1.807) is 4.90 Å². The Labute approximate surface area is 71.3 Å². The standard InChI is InChI=1S/C7H12ClNO2/c1-6(4-8)5-9-2-3-11-7(9)10/h6H,2-5H2,1H3. The number of hydrogen-bond acceptors (Lipinski definition) is 2. The maximum Gasteiger partial charge on any atom is 0.409 e. The summed E-state index contributed by atoms with van der Waals surface area (Å²) < 4.78 is 4.75. The Balaban J connectivity index is 2.30. The van der Waals surface area contributed by atoms with E-state index in [-0.39, 0.29) is 6.09 Å². The molecule has 0 aromatic carbocycles. The summed E-state index contributed by atoms with van der Waals surface area (Å²) in [7, 11) is 0. The van der Waals surface area contributed by atoms with Crippen LogP contribution in [0.1, 0.15) is 6.92 Å². The summed E-state index contributed by atoms with van der Waals surface area (Å²) in [6.45, 7) is 3.95. The number of hydrogen-bond donors (Lipinski definition) is 0. The number of carbonyl (C=O) groups excluding carboxylic acids is 1. The van der Waals surface area contributed by atoms with E-state index in [1.807, 2.05) is 6.92 Å². The first-order valence-electron chi connectivity index (χ1n) is 3.71. The van der Waals surface area contributed by atoms with E-state index >= 15 is 0 Å². The maximum atomic E-state index is 10.9. The largest absolute Gasteiger partial charge is 0.448 e. The average Bonchev–Trinajstić information content (AvgIpc) is 2.37. The molecular weight excluding hydrogens is 166 g/mol. The molecule has 0 N–H and O–H groups in total. The third-order valence-electron chi connectivity index (χ3n) is 1.64. The molecule has 64 valence electrons. The van der Waals surface area contributed by atoms with Crippen molar-refractivity contribution in [2.45, 2.75) is 6.92 Å². The minimum Gasteiger partial charge on any atom is -0.448 e. The predicted molar refractivity (Wildman–Crippen MR) is 42.8 cm³/mol. The Morgan fingerprint density at radius 1 is 1.82 bits per heavy atom. The number of ether oxygens (including phenoxy) is 1. The normalized spacial score (nSPS) is 20.2. The molecule has 1 aliphatic rings. The molecule has 1 rings (SSSR count). The lowest BCUT2D eigenvalue weighted by Crippen LogP contribution is -2.29. The quantitative estimate of drug-likeness (QED) is 0.609. The van der Waals surface area contributed by atoms with E-state index in [0.717, 1.165) is 0 Å². The second-order valence-electron chi connectivity index (χ2n) is 2.82. The van der Waals surface area contributed by atoms with Crippen LogP contribution in [0.4, 0.5) is 4.79 Å². The van der Waals surface area contributed by atoms with Gasteiger partial charge in [-0.05, 0) is 5.92 Å². The molecule has 0 bridgehead atoms.